The van der Waals surface area contributed by atoms with E-state index in [0.717, 1.165) is 17.5 Å². The van der Waals surface area contributed by atoms with Gasteiger partial charge in [-0.1, -0.05) is 6.07 Å². The average Bonchev–Trinajstić information content (AvgIpc) is 2.40. The van der Waals surface area contributed by atoms with E-state index in [2.05, 4.69) is 20.3 Å². The van der Waals surface area contributed by atoms with Crippen LogP contribution in [-0.2, 0) is 6.42 Å². The number of aromatic nitrogens is 3. The van der Waals surface area contributed by atoms with Crippen molar-refractivity contribution in [1.29, 1.82) is 0 Å². The van der Waals surface area contributed by atoms with Gasteiger partial charge in [0.25, 0.3) is 0 Å². The van der Waals surface area contributed by atoms with E-state index in [9.17, 15) is 4.39 Å². The monoisotopic (exact) mass is 309 g/mol. The van der Waals surface area contributed by atoms with Gasteiger partial charge < -0.3 is 10.2 Å². The maximum Gasteiger partial charge on any atom is 0.230 e. The lowest BCUT2D eigenvalue weighted by atomic mass is 10.1. The van der Waals surface area contributed by atoms with Crippen molar-refractivity contribution < 1.29 is 4.39 Å². The number of hydrogen-bond donors (Lipinski definition) is 1. The standard InChI is InChI=1S/C14H17ClFN5/c1-9-8-11(16)5-4-10(9)6-7-17-13-18-12(15)19-14(20-13)21(2)3/h4-5,8H,6-7H2,1-3H3,(H,17,18,19,20). The number of anilines is 2. The maximum absolute atomic E-state index is 13.0. The van der Waals surface area contributed by atoms with Crippen molar-refractivity contribution in [2.45, 2.75) is 13.3 Å². The smallest absolute Gasteiger partial charge is 0.230 e. The Hall–Kier alpha value is -1.95. The molecule has 0 radical (unpaired) electrons. The summed E-state index contributed by atoms with van der Waals surface area (Å²) in [5.74, 6) is 0.706. The van der Waals surface area contributed by atoms with Crippen LogP contribution in [0.3, 0.4) is 0 Å². The van der Waals surface area contributed by atoms with Crippen LogP contribution in [0.25, 0.3) is 0 Å². The van der Waals surface area contributed by atoms with Crippen molar-refractivity contribution in [3.63, 3.8) is 0 Å². The number of halogens is 2. The van der Waals surface area contributed by atoms with E-state index in [1.165, 1.54) is 12.1 Å². The zero-order chi connectivity index (χ0) is 15.4. The zero-order valence-electron chi connectivity index (χ0n) is 12.2. The molecule has 0 saturated heterocycles. The fraction of sp³-hybridized carbons (Fsp3) is 0.357. The molecule has 5 nitrogen and oxygen atoms in total. The molecule has 1 N–H and O–H groups in total. The molecule has 0 atom stereocenters. The maximum atomic E-state index is 13.0. The quantitative estimate of drug-likeness (QED) is 0.920. The van der Waals surface area contributed by atoms with Gasteiger partial charge in [-0.15, -0.1) is 0 Å². The minimum Gasteiger partial charge on any atom is -0.354 e. The first-order valence-corrected chi connectivity index (χ1v) is 6.91. The van der Waals surface area contributed by atoms with Crippen LogP contribution >= 0.6 is 11.6 Å². The number of aryl methyl sites for hydroxylation is 1. The molecule has 0 aliphatic carbocycles. The Kier molecular flexibility index (Phi) is 4.90. The van der Waals surface area contributed by atoms with E-state index in [0.29, 0.717) is 18.4 Å². The van der Waals surface area contributed by atoms with Gasteiger partial charge >= 0.3 is 0 Å². The SMILES string of the molecule is Cc1cc(F)ccc1CCNc1nc(Cl)nc(N(C)C)n1. The number of nitrogens with zero attached hydrogens (tertiary/aromatic N) is 4. The highest BCUT2D eigenvalue weighted by atomic mass is 35.5. The van der Waals surface area contributed by atoms with E-state index >= 15 is 0 Å². The van der Waals surface area contributed by atoms with Gasteiger partial charge in [-0.3, -0.25) is 0 Å². The minimum atomic E-state index is -0.218. The minimum absolute atomic E-state index is 0.147. The summed E-state index contributed by atoms with van der Waals surface area (Å²) >= 11 is 5.86. The predicted octanol–water partition coefficient (Wildman–Crippen LogP) is 2.69. The fourth-order valence-corrected chi connectivity index (χ4v) is 2.02. The first kappa shape index (κ1) is 15.4. The Labute approximate surface area is 128 Å². The highest BCUT2D eigenvalue weighted by molar-refractivity contribution is 6.28. The van der Waals surface area contributed by atoms with Gasteiger partial charge in [0, 0.05) is 20.6 Å². The van der Waals surface area contributed by atoms with Crippen LogP contribution in [0.5, 0.6) is 0 Å². The Bertz CT molecular complexity index is 633. The first-order valence-electron chi connectivity index (χ1n) is 6.53. The van der Waals surface area contributed by atoms with Crippen molar-refractivity contribution in [1.82, 2.24) is 15.0 Å². The zero-order valence-corrected chi connectivity index (χ0v) is 12.9. The molecular formula is C14H17ClFN5. The van der Waals surface area contributed by atoms with Gasteiger partial charge in [-0.05, 0) is 48.2 Å². The summed E-state index contributed by atoms with van der Waals surface area (Å²) in [6, 6.07) is 4.78. The van der Waals surface area contributed by atoms with Gasteiger partial charge in [0.2, 0.25) is 17.2 Å². The fourth-order valence-electron chi connectivity index (χ4n) is 1.87. The predicted molar refractivity (Wildman–Crippen MR) is 82.5 cm³/mol. The number of nitrogens with one attached hydrogen (secondary N) is 1. The van der Waals surface area contributed by atoms with Crippen LogP contribution in [-0.4, -0.2) is 35.6 Å². The highest BCUT2D eigenvalue weighted by Crippen LogP contribution is 2.13. The van der Waals surface area contributed by atoms with Crippen molar-refractivity contribution in [3.05, 3.63) is 40.4 Å². The lowest BCUT2D eigenvalue weighted by molar-refractivity contribution is 0.625. The van der Waals surface area contributed by atoms with Gasteiger partial charge in [0.15, 0.2) is 0 Å². The Morgan fingerprint density at radius 3 is 2.67 bits per heavy atom. The molecule has 1 heterocycles. The molecule has 0 aliphatic heterocycles. The largest absolute Gasteiger partial charge is 0.354 e. The molecule has 0 bridgehead atoms. The van der Waals surface area contributed by atoms with Crippen molar-refractivity contribution in [2.24, 2.45) is 0 Å². The van der Waals surface area contributed by atoms with Crippen LogP contribution < -0.4 is 10.2 Å². The molecule has 21 heavy (non-hydrogen) atoms. The number of rotatable bonds is 5. The molecule has 112 valence electrons. The summed E-state index contributed by atoms with van der Waals surface area (Å²) in [5.41, 5.74) is 2.01. The van der Waals surface area contributed by atoms with Crippen molar-refractivity contribution in [2.75, 3.05) is 30.9 Å². The third kappa shape index (κ3) is 4.26. The molecule has 1 aromatic heterocycles. The molecule has 0 unspecified atom stereocenters. The summed E-state index contributed by atoms with van der Waals surface area (Å²) in [4.78, 5) is 14.0. The Morgan fingerprint density at radius 2 is 2.00 bits per heavy atom. The summed E-state index contributed by atoms with van der Waals surface area (Å²) in [7, 11) is 3.66. The lowest BCUT2D eigenvalue weighted by Crippen LogP contribution is -2.16. The molecule has 0 aliphatic rings. The normalized spacial score (nSPS) is 10.5. The average molecular weight is 310 g/mol. The van der Waals surface area contributed by atoms with Crippen LogP contribution in [0.1, 0.15) is 11.1 Å². The third-order valence-corrected chi connectivity index (χ3v) is 3.15. The number of hydrogen-bond acceptors (Lipinski definition) is 5. The number of benzene rings is 1. The molecule has 7 heteroatoms. The topological polar surface area (TPSA) is 53.9 Å². The van der Waals surface area contributed by atoms with Crippen molar-refractivity contribution >= 4 is 23.5 Å². The summed E-state index contributed by atoms with van der Waals surface area (Å²) in [5, 5.41) is 3.25. The first-order chi connectivity index (χ1) is 9.95. The second kappa shape index (κ2) is 6.67. The Morgan fingerprint density at radius 1 is 1.24 bits per heavy atom. The molecule has 1 aromatic carbocycles. The molecule has 0 amide bonds. The molecule has 2 aromatic rings. The molecular weight excluding hydrogens is 293 g/mol. The summed E-state index contributed by atoms with van der Waals surface area (Å²) in [6.07, 6.45) is 0.743. The molecule has 0 fully saturated rings. The van der Waals surface area contributed by atoms with Crippen molar-refractivity contribution in [3.8, 4) is 0 Å². The van der Waals surface area contributed by atoms with Gasteiger partial charge in [-0.2, -0.15) is 15.0 Å². The third-order valence-electron chi connectivity index (χ3n) is 2.98. The van der Waals surface area contributed by atoms with Crippen LogP contribution in [0.15, 0.2) is 18.2 Å². The van der Waals surface area contributed by atoms with Gasteiger partial charge in [-0.25, -0.2) is 4.39 Å². The summed E-state index contributed by atoms with van der Waals surface area (Å²) in [6.45, 7) is 2.52. The summed E-state index contributed by atoms with van der Waals surface area (Å²) < 4.78 is 13.0. The van der Waals surface area contributed by atoms with E-state index in [1.807, 2.05) is 21.0 Å². The van der Waals surface area contributed by atoms with E-state index in [-0.39, 0.29) is 11.1 Å². The molecule has 0 saturated carbocycles. The van der Waals surface area contributed by atoms with Crippen LogP contribution in [0.2, 0.25) is 5.28 Å². The van der Waals surface area contributed by atoms with Gasteiger partial charge in [0.1, 0.15) is 5.82 Å². The van der Waals surface area contributed by atoms with Crippen LogP contribution in [0, 0.1) is 12.7 Å². The van der Waals surface area contributed by atoms with Gasteiger partial charge in [0.05, 0.1) is 0 Å². The highest BCUT2D eigenvalue weighted by Gasteiger charge is 2.06. The molecule has 2 rings (SSSR count). The lowest BCUT2D eigenvalue weighted by Gasteiger charge is -2.12. The Balaban J connectivity index is 2.00. The second-order valence-electron chi connectivity index (χ2n) is 4.87. The van der Waals surface area contributed by atoms with E-state index in [4.69, 9.17) is 11.6 Å². The molecule has 0 spiro atoms. The van der Waals surface area contributed by atoms with E-state index in [1.54, 1.807) is 11.0 Å². The van der Waals surface area contributed by atoms with E-state index < -0.39 is 0 Å². The van der Waals surface area contributed by atoms with Crippen LogP contribution in [0.4, 0.5) is 16.3 Å². The second-order valence-corrected chi connectivity index (χ2v) is 5.21.